The van der Waals surface area contributed by atoms with Gasteiger partial charge in [-0.25, -0.2) is 15.0 Å². The van der Waals surface area contributed by atoms with Crippen LogP contribution < -0.4 is 19.5 Å². The lowest BCUT2D eigenvalue weighted by Gasteiger charge is -2.12. The van der Waals surface area contributed by atoms with E-state index in [1.54, 1.807) is 26.6 Å². The number of imidazole rings is 1. The Morgan fingerprint density at radius 1 is 1.17 bits per heavy atom. The van der Waals surface area contributed by atoms with Gasteiger partial charge in [0.05, 0.1) is 44.1 Å². The number of amides is 1. The zero-order valence-electron chi connectivity index (χ0n) is 16.6. The smallest absolute Gasteiger partial charge is 0.257 e. The Hall–Kier alpha value is -3.36. The third kappa shape index (κ3) is 3.80. The van der Waals surface area contributed by atoms with Crippen molar-refractivity contribution in [2.24, 2.45) is 13.0 Å². The molecule has 1 N–H and O–H groups in total. The Labute approximate surface area is 168 Å². The minimum atomic E-state index is 0.101. The zero-order valence-corrected chi connectivity index (χ0v) is 16.6. The van der Waals surface area contributed by atoms with E-state index in [9.17, 15) is 4.79 Å². The van der Waals surface area contributed by atoms with Gasteiger partial charge in [0.25, 0.3) is 5.88 Å². The number of hydrogen-bond donors (Lipinski definition) is 1. The molecule has 1 saturated heterocycles. The van der Waals surface area contributed by atoms with Gasteiger partial charge in [-0.1, -0.05) is 0 Å². The van der Waals surface area contributed by atoms with Crippen molar-refractivity contribution in [3.05, 3.63) is 24.5 Å². The summed E-state index contributed by atoms with van der Waals surface area (Å²) in [5.41, 5.74) is 2.84. The fourth-order valence-electron chi connectivity index (χ4n) is 3.43. The summed E-state index contributed by atoms with van der Waals surface area (Å²) in [6, 6.07) is 5.48. The van der Waals surface area contributed by atoms with E-state index in [4.69, 9.17) is 14.2 Å². The third-order valence-corrected chi connectivity index (χ3v) is 4.99. The molecule has 1 aliphatic heterocycles. The van der Waals surface area contributed by atoms with Gasteiger partial charge in [-0.2, -0.15) is 0 Å². The molecule has 0 radical (unpaired) electrons. The quantitative estimate of drug-likeness (QED) is 0.650. The number of carbonyl (C=O) groups excluding carboxylic acids is 1. The molecule has 0 unspecified atom stereocenters. The van der Waals surface area contributed by atoms with Crippen molar-refractivity contribution in [1.29, 1.82) is 0 Å². The van der Waals surface area contributed by atoms with Crippen LogP contribution >= 0.6 is 0 Å². The van der Waals surface area contributed by atoms with Gasteiger partial charge in [0.2, 0.25) is 11.8 Å². The van der Waals surface area contributed by atoms with Crippen molar-refractivity contribution in [3.63, 3.8) is 0 Å². The Bertz CT molecular complexity index is 1050. The van der Waals surface area contributed by atoms with Crippen molar-refractivity contribution in [2.75, 3.05) is 27.4 Å². The Kier molecular flexibility index (Phi) is 5.20. The molecule has 0 aliphatic carbocycles. The predicted octanol–water partition coefficient (Wildman–Crippen LogP) is 1.95. The molecule has 0 bridgehead atoms. The third-order valence-electron chi connectivity index (χ3n) is 4.99. The summed E-state index contributed by atoms with van der Waals surface area (Å²) in [4.78, 5) is 25.0. The van der Waals surface area contributed by atoms with Crippen LogP contribution in [-0.2, 0) is 11.8 Å². The molecule has 0 aromatic carbocycles. The van der Waals surface area contributed by atoms with Crippen LogP contribution in [0.5, 0.6) is 17.5 Å². The highest BCUT2D eigenvalue weighted by molar-refractivity contribution is 5.84. The van der Waals surface area contributed by atoms with Gasteiger partial charge in [-0.05, 0) is 30.5 Å². The molecular formula is C20H23N5O4. The van der Waals surface area contributed by atoms with Gasteiger partial charge in [0.15, 0.2) is 5.75 Å². The Morgan fingerprint density at radius 2 is 2.00 bits per heavy atom. The molecule has 152 valence electrons. The summed E-state index contributed by atoms with van der Waals surface area (Å²) in [6.45, 7) is 1.17. The average Bonchev–Trinajstić information content (AvgIpc) is 3.32. The van der Waals surface area contributed by atoms with Gasteiger partial charge < -0.3 is 24.1 Å². The maximum Gasteiger partial charge on any atom is 0.257 e. The summed E-state index contributed by atoms with van der Waals surface area (Å²) in [7, 11) is 5.01. The molecular weight excluding hydrogens is 374 g/mol. The van der Waals surface area contributed by atoms with E-state index in [1.807, 2.05) is 23.7 Å². The minimum Gasteiger partial charge on any atom is -0.491 e. The molecule has 1 atom stereocenters. The maximum atomic E-state index is 11.4. The molecule has 0 spiro atoms. The van der Waals surface area contributed by atoms with Crippen LogP contribution in [0.2, 0.25) is 0 Å². The van der Waals surface area contributed by atoms with Crippen molar-refractivity contribution < 1.29 is 19.0 Å². The molecule has 9 heteroatoms. The number of methoxy groups -OCH3 is 2. The summed E-state index contributed by atoms with van der Waals surface area (Å²) in [5, 5.41) is 2.85. The molecule has 1 aliphatic rings. The van der Waals surface area contributed by atoms with Gasteiger partial charge in [0, 0.05) is 20.0 Å². The molecule has 1 amide bonds. The van der Waals surface area contributed by atoms with Crippen LogP contribution in [0.1, 0.15) is 12.8 Å². The normalized spacial score (nSPS) is 16.1. The van der Waals surface area contributed by atoms with Crippen LogP contribution in [0.3, 0.4) is 0 Å². The Morgan fingerprint density at radius 3 is 2.72 bits per heavy atom. The number of carbonyl (C=O) groups is 1. The minimum absolute atomic E-state index is 0.101. The summed E-state index contributed by atoms with van der Waals surface area (Å²) in [5.74, 6) is 1.82. The van der Waals surface area contributed by atoms with Crippen molar-refractivity contribution in [1.82, 2.24) is 24.8 Å². The fourth-order valence-corrected chi connectivity index (χ4v) is 3.43. The molecule has 29 heavy (non-hydrogen) atoms. The second-order valence-electron chi connectivity index (χ2n) is 6.96. The highest BCUT2D eigenvalue weighted by Gasteiger charge is 2.22. The molecule has 4 rings (SSSR count). The fraction of sp³-hybridized carbons (Fsp3) is 0.400. The number of ether oxygens (including phenoxy) is 3. The molecule has 4 heterocycles. The van der Waals surface area contributed by atoms with Crippen LogP contribution in [0, 0.1) is 5.92 Å². The lowest BCUT2D eigenvalue weighted by atomic mass is 10.1. The molecule has 0 saturated carbocycles. The number of rotatable bonds is 7. The van der Waals surface area contributed by atoms with Crippen molar-refractivity contribution in [3.8, 4) is 28.9 Å². The molecule has 3 aromatic heterocycles. The maximum absolute atomic E-state index is 11.4. The molecule has 9 nitrogen and oxygen atoms in total. The van der Waals surface area contributed by atoms with Crippen molar-refractivity contribution in [2.45, 2.75) is 12.8 Å². The number of pyridine rings is 2. The first-order valence-corrected chi connectivity index (χ1v) is 9.40. The second-order valence-corrected chi connectivity index (χ2v) is 6.96. The van der Waals surface area contributed by atoms with Gasteiger partial charge >= 0.3 is 0 Å². The predicted molar refractivity (Wildman–Crippen MR) is 106 cm³/mol. The summed E-state index contributed by atoms with van der Waals surface area (Å²) >= 11 is 0. The van der Waals surface area contributed by atoms with Crippen LogP contribution in [0.25, 0.3) is 22.4 Å². The monoisotopic (exact) mass is 397 g/mol. The van der Waals surface area contributed by atoms with Crippen molar-refractivity contribution >= 4 is 16.9 Å². The van der Waals surface area contributed by atoms with E-state index in [1.165, 1.54) is 0 Å². The first-order valence-electron chi connectivity index (χ1n) is 9.40. The van der Waals surface area contributed by atoms with Gasteiger partial charge in [-0.15, -0.1) is 0 Å². The summed E-state index contributed by atoms with van der Waals surface area (Å²) in [6.07, 6.45) is 3.05. The van der Waals surface area contributed by atoms with Crippen LogP contribution in [0.15, 0.2) is 24.5 Å². The average molecular weight is 397 g/mol. The first-order chi connectivity index (χ1) is 14.1. The van der Waals surface area contributed by atoms with Crippen LogP contribution in [-0.4, -0.2) is 52.8 Å². The van der Waals surface area contributed by atoms with E-state index >= 15 is 0 Å². The highest BCUT2D eigenvalue weighted by atomic mass is 16.5. The highest BCUT2D eigenvalue weighted by Crippen LogP contribution is 2.31. The lowest BCUT2D eigenvalue weighted by molar-refractivity contribution is -0.119. The number of aromatic nitrogens is 4. The largest absolute Gasteiger partial charge is 0.491 e. The first kappa shape index (κ1) is 19.0. The SMILES string of the molecule is COc1ccc(-c2cc3ncn(C)c3c(OCC[C@H]3CNC(=O)C3)n2)nc1OC. The van der Waals surface area contributed by atoms with E-state index in [0.717, 1.165) is 17.5 Å². The molecule has 1 fully saturated rings. The lowest BCUT2D eigenvalue weighted by Crippen LogP contribution is -2.14. The van der Waals surface area contributed by atoms with E-state index in [2.05, 4.69) is 20.3 Å². The van der Waals surface area contributed by atoms with Crippen LogP contribution in [0.4, 0.5) is 0 Å². The zero-order chi connectivity index (χ0) is 20.4. The number of aryl methyl sites for hydroxylation is 1. The number of hydrogen-bond acceptors (Lipinski definition) is 7. The standard InChI is InChI=1S/C20H23N5O4/c1-25-11-22-15-9-14(13-4-5-16(27-2)19(23-13)28-3)24-20(18(15)25)29-7-6-12-8-17(26)21-10-12/h4-5,9,11-12H,6-8,10H2,1-3H3,(H,21,26)/t12-/m1/s1. The van der Waals surface area contributed by atoms with E-state index in [-0.39, 0.29) is 5.91 Å². The summed E-state index contributed by atoms with van der Waals surface area (Å²) < 4.78 is 18.5. The Balaban J connectivity index is 1.63. The number of nitrogens with one attached hydrogen (secondary N) is 1. The van der Waals surface area contributed by atoms with Gasteiger partial charge in [-0.3, -0.25) is 4.79 Å². The topological polar surface area (TPSA) is 100 Å². The van der Waals surface area contributed by atoms with E-state index in [0.29, 0.717) is 54.4 Å². The van der Waals surface area contributed by atoms with E-state index < -0.39 is 0 Å². The number of nitrogens with zero attached hydrogens (tertiary/aromatic N) is 4. The number of fused-ring (bicyclic) bond motifs is 1. The molecule has 3 aromatic rings. The van der Waals surface area contributed by atoms with Gasteiger partial charge in [0.1, 0.15) is 5.52 Å². The second kappa shape index (κ2) is 7.94.